The van der Waals surface area contributed by atoms with Crippen molar-refractivity contribution < 1.29 is 22.1 Å². The molecule has 0 aliphatic rings. The van der Waals surface area contributed by atoms with Crippen molar-refractivity contribution in [2.75, 3.05) is 6.26 Å². The average molecular weight is 256 g/mol. The van der Waals surface area contributed by atoms with Crippen molar-refractivity contribution >= 4 is 21.1 Å². The Hall–Kier alpha value is -2.02. The van der Waals surface area contributed by atoms with Gasteiger partial charge < -0.3 is 13.7 Å². The highest BCUT2D eigenvalue weighted by molar-refractivity contribution is 7.86. The number of fused-ring (bicyclic) bond motifs is 1. The van der Waals surface area contributed by atoms with Crippen molar-refractivity contribution in [3.05, 3.63) is 34.7 Å². The molecule has 0 atom stereocenters. The second kappa shape index (κ2) is 3.77. The third kappa shape index (κ3) is 2.39. The van der Waals surface area contributed by atoms with E-state index in [1.165, 1.54) is 24.3 Å². The Kier molecular flexibility index (Phi) is 2.55. The van der Waals surface area contributed by atoms with Gasteiger partial charge in [-0.2, -0.15) is 8.42 Å². The Morgan fingerprint density at radius 2 is 1.88 bits per heavy atom. The first-order chi connectivity index (χ1) is 7.87. The Labute approximate surface area is 96.2 Å². The molecule has 0 fully saturated rings. The van der Waals surface area contributed by atoms with Crippen LogP contribution in [0.1, 0.15) is 0 Å². The van der Waals surface area contributed by atoms with Crippen molar-refractivity contribution in [1.29, 1.82) is 0 Å². The van der Waals surface area contributed by atoms with Crippen molar-refractivity contribution in [2.45, 2.75) is 0 Å². The third-order valence-corrected chi connectivity index (χ3v) is 2.45. The van der Waals surface area contributed by atoms with Crippen LogP contribution in [0.4, 0.5) is 0 Å². The summed E-state index contributed by atoms with van der Waals surface area (Å²) in [5.74, 6) is -0.806. The first-order valence-corrected chi connectivity index (χ1v) is 6.34. The van der Waals surface area contributed by atoms with Crippen LogP contribution in [-0.4, -0.2) is 19.8 Å². The Bertz CT molecular complexity index is 728. The number of hydrogen-bond acceptors (Lipinski definition) is 6. The highest BCUT2D eigenvalue weighted by Gasteiger charge is 2.14. The number of aromatic hydroxyl groups is 1. The quantitative estimate of drug-likeness (QED) is 0.632. The number of rotatable bonds is 2. The standard InChI is InChI=1S/C10H8O6S/c1-17(13,14)16-7-4-2-6-3-5-8(11)15-10(6)9(7)12/h2-5,12H,1H3. The molecule has 1 aromatic carbocycles. The molecule has 2 aromatic rings. The average Bonchev–Trinajstić information content (AvgIpc) is 2.21. The van der Waals surface area contributed by atoms with Crippen LogP contribution in [0.15, 0.2) is 33.5 Å². The molecule has 1 heterocycles. The van der Waals surface area contributed by atoms with Crippen molar-refractivity contribution in [1.82, 2.24) is 0 Å². The van der Waals surface area contributed by atoms with E-state index in [-0.39, 0.29) is 11.3 Å². The number of phenolic OH excluding ortho intramolecular Hbond substituents is 1. The minimum absolute atomic E-state index is 0.112. The van der Waals surface area contributed by atoms with Crippen molar-refractivity contribution in [2.24, 2.45) is 0 Å². The van der Waals surface area contributed by atoms with E-state index in [2.05, 4.69) is 4.18 Å². The normalized spacial score (nSPS) is 11.6. The molecule has 90 valence electrons. The van der Waals surface area contributed by atoms with Gasteiger partial charge in [-0.3, -0.25) is 0 Å². The Balaban J connectivity index is 2.68. The zero-order chi connectivity index (χ0) is 12.6. The van der Waals surface area contributed by atoms with Gasteiger partial charge in [0.05, 0.1) is 6.26 Å². The summed E-state index contributed by atoms with van der Waals surface area (Å²) in [7, 11) is -3.76. The fourth-order valence-electron chi connectivity index (χ4n) is 1.33. The van der Waals surface area contributed by atoms with E-state index >= 15 is 0 Å². The van der Waals surface area contributed by atoms with Gasteiger partial charge in [-0.15, -0.1) is 0 Å². The third-order valence-electron chi connectivity index (χ3n) is 1.97. The van der Waals surface area contributed by atoms with Crippen LogP contribution < -0.4 is 9.81 Å². The van der Waals surface area contributed by atoms with E-state index in [0.29, 0.717) is 5.39 Å². The van der Waals surface area contributed by atoms with Gasteiger partial charge in [-0.25, -0.2) is 4.79 Å². The topological polar surface area (TPSA) is 93.8 Å². The minimum Gasteiger partial charge on any atom is -0.502 e. The molecule has 0 saturated carbocycles. The van der Waals surface area contributed by atoms with Crippen molar-refractivity contribution in [3.63, 3.8) is 0 Å². The van der Waals surface area contributed by atoms with Crippen LogP contribution in [0.25, 0.3) is 11.0 Å². The van der Waals surface area contributed by atoms with Gasteiger partial charge in [0.25, 0.3) is 0 Å². The number of benzene rings is 1. The molecule has 0 radical (unpaired) electrons. The molecule has 0 saturated heterocycles. The lowest BCUT2D eigenvalue weighted by Gasteiger charge is -2.06. The molecule has 7 heteroatoms. The van der Waals surface area contributed by atoms with E-state index in [1.54, 1.807) is 0 Å². The summed E-state index contributed by atoms with van der Waals surface area (Å²) in [4.78, 5) is 11.0. The van der Waals surface area contributed by atoms with Gasteiger partial charge in [0, 0.05) is 11.5 Å². The van der Waals surface area contributed by atoms with Crippen LogP contribution in [0.5, 0.6) is 11.5 Å². The molecular formula is C10H8O6S. The maximum Gasteiger partial charge on any atom is 0.336 e. The molecule has 0 unspecified atom stereocenters. The fraction of sp³-hybridized carbons (Fsp3) is 0.100. The summed E-state index contributed by atoms with van der Waals surface area (Å²) in [6.07, 6.45) is 0.845. The molecule has 1 N–H and O–H groups in total. The summed E-state index contributed by atoms with van der Waals surface area (Å²) < 4.78 is 31.2. The molecular weight excluding hydrogens is 248 g/mol. The molecule has 2 rings (SSSR count). The lowest BCUT2D eigenvalue weighted by Crippen LogP contribution is -2.06. The maximum absolute atomic E-state index is 11.0. The lowest BCUT2D eigenvalue weighted by atomic mass is 10.2. The fourth-order valence-corrected chi connectivity index (χ4v) is 1.79. The van der Waals surface area contributed by atoms with E-state index < -0.39 is 21.5 Å². The van der Waals surface area contributed by atoms with Gasteiger partial charge in [0.1, 0.15) is 0 Å². The lowest BCUT2D eigenvalue weighted by molar-refractivity contribution is 0.422. The van der Waals surface area contributed by atoms with E-state index in [4.69, 9.17) is 4.42 Å². The first-order valence-electron chi connectivity index (χ1n) is 4.52. The highest BCUT2D eigenvalue weighted by Crippen LogP contribution is 2.34. The second-order valence-corrected chi connectivity index (χ2v) is 4.95. The van der Waals surface area contributed by atoms with Gasteiger partial charge in [0.15, 0.2) is 11.3 Å². The summed E-state index contributed by atoms with van der Waals surface area (Å²) in [6, 6.07) is 5.39. The first kappa shape index (κ1) is 11.5. The van der Waals surface area contributed by atoms with Gasteiger partial charge in [-0.1, -0.05) is 0 Å². The van der Waals surface area contributed by atoms with E-state index in [0.717, 1.165) is 6.26 Å². The summed E-state index contributed by atoms with van der Waals surface area (Å²) >= 11 is 0. The van der Waals surface area contributed by atoms with E-state index in [1.807, 2.05) is 0 Å². The molecule has 0 bridgehead atoms. The zero-order valence-electron chi connectivity index (χ0n) is 8.71. The molecule has 6 nitrogen and oxygen atoms in total. The van der Waals surface area contributed by atoms with Crippen LogP contribution in [0, 0.1) is 0 Å². The monoisotopic (exact) mass is 256 g/mol. The molecule has 0 amide bonds. The molecule has 1 aromatic heterocycles. The van der Waals surface area contributed by atoms with Gasteiger partial charge in [-0.05, 0) is 18.2 Å². The SMILES string of the molecule is CS(=O)(=O)Oc1ccc2ccc(=O)oc2c1O. The molecule has 0 aliphatic heterocycles. The van der Waals surface area contributed by atoms with Crippen LogP contribution >= 0.6 is 0 Å². The molecule has 0 spiro atoms. The van der Waals surface area contributed by atoms with Crippen LogP contribution in [0.2, 0.25) is 0 Å². The predicted molar refractivity (Wildman–Crippen MR) is 59.6 cm³/mol. The van der Waals surface area contributed by atoms with Crippen molar-refractivity contribution in [3.8, 4) is 11.5 Å². The van der Waals surface area contributed by atoms with E-state index in [9.17, 15) is 18.3 Å². The smallest absolute Gasteiger partial charge is 0.336 e. The predicted octanol–water partition coefficient (Wildman–Crippen LogP) is 0.837. The highest BCUT2D eigenvalue weighted by atomic mass is 32.2. The maximum atomic E-state index is 11.0. The molecule has 17 heavy (non-hydrogen) atoms. The Morgan fingerprint density at radius 1 is 1.24 bits per heavy atom. The van der Waals surface area contributed by atoms with Gasteiger partial charge in [0.2, 0.25) is 5.75 Å². The van der Waals surface area contributed by atoms with Crippen LogP contribution in [0.3, 0.4) is 0 Å². The van der Waals surface area contributed by atoms with Crippen LogP contribution in [-0.2, 0) is 10.1 Å². The summed E-state index contributed by atoms with van der Waals surface area (Å²) in [5, 5.41) is 10.2. The zero-order valence-corrected chi connectivity index (χ0v) is 9.52. The molecule has 0 aliphatic carbocycles. The number of hydrogen-bond donors (Lipinski definition) is 1. The largest absolute Gasteiger partial charge is 0.502 e. The minimum atomic E-state index is -3.76. The second-order valence-electron chi connectivity index (χ2n) is 3.37. The van der Waals surface area contributed by atoms with Gasteiger partial charge >= 0.3 is 15.7 Å². The number of phenols is 1. The summed E-state index contributed by atoms with van der Waals surface area (Å²) in [5.41, 5.74) is -0.761. The summed E-state index contributed by atoms with van der Waals surface area (Å²) in [6.45, 7) is 0. The Morgan fingerprint density at radius 3 is 2.53 bits per heavy atom.